The van der Waals surface area contributed by atoms with Crippen LogP contribution in [0.15, 0.2) is 42.6 Å². The van der Waals surface area contributed by atoms with E-state index in [9.17, 15) is 4.79 Å². The predicted octanol–water partition coefficient (Wildman–Crippen LogP) is 2.30. The Morgan fingerprint density at radius 2 is 2.16 bits per heavy atom. The van der Waals surface area contributed by atoms with Gasteiger partial charge in [-0.05, 0) is 24.3 Å². The number of fused-ring (bicyclic) bond motifs is 1. The maximum atomic E-state index is 12.0. The number of rotatable bonds is 2. The third-order valence-corrected chi connectivity index (χ3v) is 3.50. The number of halogens is 1. The number of hydrogen-bond acceptors (Lipinski definition) is 3. The van der Waals surface area contributed by atoms with Crippen molar-refractivity contribution in [2.45, 2.75) is 25.1 Å². The van der Waals surface area contributed by atoms with Crippen LogP contribution in [-0.4, -0.2) is 29.6 Å². The number of carbonyl (C=O) groups is 1. The van der Waals surface area contributed by atoms with Crippen LogP contribution >= 0.6 is 12.4 Å². The molecule has 4 nitrogen and oxygen atoms in total. The molecular formula is C14H17ClN2O2. The van der Waals surface area contributed by atoms with E-state index < -0.39 is 0 Å². The summed E-state index contributed by atoms with van der Waals surface area (Å²) in [6.45, 7) is 1.10. The van der Waals surface area contributed by atoms with Crippen LogP contribution in [-0.2, 0) is 11.3 Å². The largest absolute Gasteiger partial charge is 0.445 e. The molecule has 0 spiro atoms. The first-order chi connectivity index (χ1) is 8.84. The highest BCUT2D eigenvalue weighted by Crippen LogP contribution is 2.23. The van der Waals surface area contributed by atoms with E-state index in [1.54, 1.807) is 4.90 Å². The highest BCUT2D eigenvalue weighted by molar-refractivity contribution is 5.85. The van der Waals surface area contributed by atoms with Crippen molar-refractivity contribution in [3.05, 3.63) is 48.2 Å². The summed E-state index contributed by atoms with van der Waals surface area (Å²) in [4.78, 5) is 13.8. The number of hydrogen-bond donors (Lipinski definition) is 1. The van der Waals surface area contributed by atoms with Crippen molar-refractivity contribution >= 4 is 18.5 Å². The molecule has 1 amide bonds. The van der Waals surface area contributed by atoms with Crippen LogP contribution in [0.4, 0.5) is 4.79 Å². The number of likely N-dealkylation sites (tertiary alicyclic amines) is 1. The van der Waals surface area contributed by atoms with Crippen molar-refractivity contribution in [3.8, 4) is 0 Å². The van der Waals surface area contributed by atoms with Gasteiger partial charge in [-0.2, -0.15) is 0 Å². The standard InChI is InChI=1S/C14H16N2O2.ClH/c17-14(18-10-11-4-2-1-3-5-11)16-9-7-12-13(16)6-8-15-12;/h1-6,8,12-13,15H,7,9-10H2;1H/t12-,13+;/m0./s1. The van der Waals surface area contributed by atoms with Gasteiger partial charge in [-0.3, -0.25) is 4.90 Å². The molecule has 5 heteroatoms. The maximum Gasteiger partial charge on any atom is 0.410 e. The Morgan fingerprint density at radius 3 is 2.95 bits per heavy atom. The lowest BCUT2D eigenvalue weighted by Gasteiger charge is -2.21. The van der Waals surface area contributed by atoms with Gasteiger partial charge in [0.15, 0.2) is 0 Å². The Bertz CT molecular complexity index is 464. The Labute approximate surface area is 118 Å². The zero-order valence-corrected chi connectivity index (χ0v) is 11.3. The molecule has 0 aromatic heterocycles. The normalized spacial score (nSPS) is 23.5. The van der Waals surface area contributed by atoms with Crippen molar-refractivity contribution in [1.82, 2.24) is 10.2 Å². The minimum Gasteiger partial charge on any atom is -0.445 e. The van der Waals surface area contributed by atoms with E-state index in [2.05, 4.69) is 5.32 Å². The minimum absolute atomic E-state index is 0. The zero-order chi connectivity index (χ0) is 12.4. The smallest absolute Gasteiger partial charge is 0.410 e. The summed E-state index contributed by atoms with van der Waals surface area (Å²) in [6.07, 6.45) is 4.71. The molecule has 3 rings (SSSR count). The lowest BCUT2D eigenvalue weighted by molar-refractivity contribution is 0.0970. The molecular weight excluding hydrogens is 264 g/mol. The molecule has 1 aromatic rings. The van der Waals surface area contributed by atoms with Crippen LogP contribution < -0.4 is 5.32 Å². The van der Waals surface area contributed by atoms with Gasteiger partial charge < -0.3 is 10.1 Å². The van der Waals surface area contributed by atoms with Crippen molar-refractivity contribution in [2.24, 2.45) is 0 Å². The van der Waals surface area contributed by atoms with Gasteiger partial charge in [0, 0.05) is 6.54 Å². The number of nitrogens with zero attached hydrogens (tertiary/aromatic N) is 1. The van der Waals surface area contributed by atoms with Gasteiger partial charge in [-0.1, -0.05) is 30.3 Å². The van der Waals surface area contributed by atoms with E-state index in [-0.39, 0.29) is 24.5 Å². The second kappa shape index (κ2) is 5.97. The van der Waals surface area contributed by atoms with E-state index in [1.807, 2.05) is 42.6 Å². The quantitative estimate of drug-likeness (QED) is 0.904. The van der Waals surface area contributed by atoms with E-state index in [0.717, 1.165) is 18.5 Å². The number of nitrogens with one attached hydrogen (secondary N) is 1. The summed E-state index contributed by atoms with van der Waals surface area (Å²) < 4.78 is 5.35. The van der Waals surface area contributed by atoms with Crippen molar-refractivity contribution in [2.75, 3.05) is 6.54 Å². The SMILES string of the molecule is Cl.O=C(OCc1ccccc1)N1CC[C@@H]2NC=C[C@H]21. The Morgan fingerprint density at radius 1 is 1.37 bits per heavy atom. The average molecular weight is 281 g/mol. The molecule has 2 aliphatic rings. The lowest BCUT2D eigenvalue weighted by Crippen LogP contribution is -2.39. The Hall–Kier alpha value is -1.68. The fraction of sp³-hybridized carbons (Fsp3) is 0.357. The monoisotopic (exact) mass is 280 g/mol. The summed E-state index contributed by atoms with van der Waals surface area (Å²) in [5, 5.41) is 3.25. The molecule has 1 saturated heterocycles. The molecule has 1 fully saturated rings. The molecule has 1 aromatic carbocycles. The second-order valence-corrected chi connectivity index (χ2v) is 4.65. The molecule has 0 bridgehead atoms. The molecule has 0 radical (unpaired) electrons. The first-order valence-electron chi connectivity index (χ1n) is 6.24. The highest BCUT2D eigenvalue weighted by Gasteiger charge is 2.38. The average Bonchev–Trinajstić information content (AvgIpc) is 2.99. The number of amides is 1. The van der Waals surface area contributed by atoms with Crippen LogP contribution in [0, 0.1) is 0 Å². The molecule has 0 aliphatic carbocycles. The number of benzene rings is 1. The minimum atomic E-state index is -0.222. The fourth-order valence-corrected chi connectivity index (χ4v) is 2.53. The third kappa shape index (κ3) is 2.84. The van der Waals surface area contributed by atoms with Crippen LogP contribution in [0.1, 0.15) is 12.0 Å². The van der Waals surface area contributed by atoms with Crippen molar-refractivity contribution in [3.63, 3.8) is 0 Å². The molecule has 102 valence electrons. The molecule has 0 unspecified atom stereocenters. The first kappa shape index (κ1) is 13.7. The molecule has 2 heterocycles. The van der Waals surface area contributed by atoms with E-state index in [4.69, 9.17) is 4.74 Å². The Balaban J connectivity index is 0.00000133. The second-order valence-electron chi connectivity index (χ2n) is 4.65. The van der Waals surface area contributed by atoms with Crippen LogP contribution in [0.3, 0.4) is 0 Å². The third-order valence-electron chi connectivity index (χ3n) is 3.50. The van der Waals surface area contributed by atoms with Gasteiger partial charge in [0.25, 0.3) is 0 Å². The van der Waals surface area contributed by atoms with Gasteiger partial charge >= 0.3 is 6.09 Å². The molecule has 1 N–H and O–H groups in total. The first-order valence-corrected chi connectivity index (χ1v) is 6.24. The maximum absolute atomic E-state index is 12.0. The van der Waals surface area contributed by atoms with Gasteiger partial charge in [0.2, 0.25) is 0 Å². The summed E-state index contributed by atoms with van der Waals surface area (Å²) in [6, 6.07) is 10.3. The molecule has 0 saturated carbocycles. The number of carbonyl (C=O) groups excluding carboxylic acids is 1. The van der Waals surface area contributed by atoms with E-state index in [0.29, 0.717) is 12.6 Å². The van der Waals surface area contributed by atoms with Crippen molar-refractivity contribution < 1.29 is 9.53 Å². The lowest BCUT2D eigenvalue weighted by atomic mass is 10.2. The van der Waals surface area contributed by atoms with Crippen molar-refractivity contribution in [1.29, 1.82) is 0 Å². The Kier molecular flexibility index (Phi) is 4.32. The summed E-state index contributed by atoms with van der Waals surface area (Å²) in [5.74, 6) is 0. The highest BCUT2D eigenvalue weighted by atomic mass is 35.5. The molecule has 2 atom stereocenters. The van der Waals surface area contributed by atoms with E-state index >= 15 is 0 Å². The zero-order valence-electron chi connectivity index (χ0n) is 10.5. The predicted molar refractivity (Wildman–Crippen MR) is 75.0 cm³/mol. The summed E-state index contributed by atoms with van der Waals surface area (Å²) in [7, 11) is 0. The van der Waals surface area contributed by atoms with Crippen LogP contribution in [0.2, 0.25) is 0 Å². The fourth-order valence-electron chi connectivity index (χ4n) is 2.53. The van der Waals surface area contributed by atoms with Gasteiger partial charge in [0.05, 0.1) is 12.1 Å². The van der Waals surface area contributed by atoms with Gasteiger partial charge in [-0.25, -0.2) is 4.79 Å². The summed E-state index contributed by atoms with van der Waals surface area (Å²) >= 11 is 0. The topological polar surface area (TPSA) is 41.6 Å². The van der Waals surface area contributed by atoms with Gasteiger partial charge in [-0.15, -0.1) is 12.4 Å². The van der Waals surface area contributed by atoms with E-state index in [1.165, 1.54) is 0 Å². The van der Waals surface area contributed by atoms with Crippen LogP contribution in [0.5, 0.6) is 0 Å². The summed E-state index contributed by atoms with van der Waals surface area (Å²) in [5.41, 5.74) is 1.02. The van der Waals surface area contributed by atoms with Gasteiger partial charge in [0.1, 0.15) is 6.61 Å². The van der Waals surface area contributed by atoms with Crippen LogP contribution in [0.25, 0.3) is 0 Å². The molecule has 19 heavy (non-hydrogen) atoms. The number of ether oxygens (including phenoxy) is 1. The molecule has 2 aliphatic heterocycles.